The number of anilines is 1. The van der Waals surface area contributed by atoms with Crippen LogP contribution in [0.25, 0.3) is 11.5 Å². The molecule has 1 amide bonds. The Labute approximate surface area is 175 Å². The molecule has 0 radical (unpaired) electrons. The molecule has 0 fully saturated rings. The van der Waals surface area contributed by atoms with Gasteiger partial charge in [0.1, 0.15) is 16.9 Å². The van der Waals surface area contributed by atoms with E-state index in [2.05, 4.69) is 15.5 Å². The molecule has 1 unspecified atom stereocenters. The maximum Gasteiger partial charge on any atom is 0.277 e. The molecule has 0 saturated heterocycles. The fourth-order valence-electron chi connectivity index (χ4n) is 2.71. The Bertz CT molecular complexity index is 1130. The first kappa shape index (κ1) is 19.8. The molecule has 0 spiro atoms. The highest BCUT2D eigenvalue weighted by atomic mass is 32.2. The van der Waals surface area contributed by atoms with E-state index in [0.717, 1.165) is 17.3 Å². The summed E-state index contributed by atoms with van der Waals surface area (Å²) < 4.78 is 31.9. The van der Waals surface area contributed by atoms with Gasteiger partial charge in [-0.05, 0) is 65.9 Å². The monoisotopic (exact) mass is 423 g/mol. The first-order chi connectivity index (χ1) is 14.6. The number of hydrogen-bond donors (Lipinski definition) is 1. The van der Waals surface area contributed by atoms with Crippen LogP contribution in [0.5, 0.6) is 0 Å². The van der Waals surface area contributed by atoms with Crippen molar-refractivity contribution in [2.24, 2.45) is 0 Å². The third kappa shape index (κ3) is 4.72. The van der Waals surface area contributed by atoms with Gasteiger partial charge >= 0.3 is 0 Å². The Morgan fingerprint density at radius 2 is 1.50 bits per heavy atom. The number of amides is 1. The summed E-state index contributed by atoms with van der Waals surface area (Å²) in [6.07, 6.45) is 0. The second kappa shape index (κ2) is 8.87. The molecule has 1 heterocycles. The SMILES string of the molecule is O=C(Nc1ccc(F)cc1)C(Sc1nnc(-c2ccc(F)cc2)o1)c1ccccc1. The summed E-state index contributed by atoms with van der Waals surface area (Å²) in [5.41, 5.74) is 1.78. The lowest BCUT2D eigenvalue weighted by Crippen LogP contribution is -2.19. The number of carbonyl (C=O) groups excluding carboxylic acids is 1. The molecule has 8 heteroatoms. The minimum Gasteiger partial charge on any atom is -0.411 e. The van der Waals surface area contributed by atoms with Gasteiger partial charge in [0.15, 0.2) is 0 Å². The number of carbonyl (C=O) groups is 1. The van der Waals surface area contributed by atoms with Crippen molar-refractivity contribution in [3.63, 3.8) is 0 Å². The highest BCUT2D eigenvalue weighted by molar-refractivity contribution is 8.00. The smallest absolute Gasteiger partial charge is 0.277 e. The van der Waals surface area contributed by atoms with Crippen LogP contribution in [-0.2, 0) is 4.79 Å². The first-order valence-electron chi connectivity index (χ1n) is 8.96. The molecule has 150 valence electrons. The zero-order valence-electron chi connectivity index (χ0n) is 15.5. The Hall–Kier alpha value is -3.52. The third-order valence-electron chi connectivity index (χ3n) is 4.17. The van der Waals surface area contributed by atoms with E-state index < -0.39 is 5.25 Å². The Balaban J connectivity index is 1.57. The molecule has 3 aromatic carbocycles. The lowest BCUT2D eigenvalue weighted by Gasteiger charge is -2.15. The highest BCUT2D eigenvalue weighted by Crippen LogP contribution is 2.36. The van der Waals surface area contributed by atoms with Gasteiger partial charge in [-0.3, -0.25) is 4.79 Å². The van der Waals surface area contributed by atoms with Gasteiger partial charge in [-0.15, -0.1) is 10.2 Å². The molecule has 0 saturated carbocycles. The Kier molecular flexibility index (Phi) is 5.85. The van der Waals surface area contributed by atoms with Crippen LogP contribution in [0.3, 0.4) is 0 Å². The van der Waals surface area contributed by atoms with Crippen molar-refractivity contribution in [1.29, 1.82) is 0 Å². The van der Waals surface area contributed by atoms with E-state index in [0.29, 0.717) is 11.3 Å². The lowest BCUT2D eigenvalue weighted by molar-refractivity contribution is -0.115. The minimum atomic E-state index is -0.683. The highest BCUT2D eigenvalue weighted by Gasteiger charge is 2.25. The van der Waals surface area contributed by atoms with E-state index in [1.54, 1.807) is 0 Å². The molecule has 0 aliphatic carbocycles. The molecular formula is C22H15F2N3O2S. The zero-order chi connectivity index (χ0) is 20.9. The molecule has 0 bridgehead atoms. The van der Waals surface area contributed by atoms with Crippen molar-refractivity contribution < 1.29 is 18.0 Å². The van der Waals surface area contributed by atoms with E-state index in [4.69, 9.17) is 4.42 Å². The van der Waals surface area contributed by atoms with Crippen LogP contribution >= 0.6 is 11.8 Å². The quantitative estimate of drug-likeness (QED) is 0.416. The predicted octanol–water partition coefficient (Wildman–Crippen LogP) is 5.49. The van der Waals surface area contributed by atoms with E-state index >= 15 is 0 Å². The summed E-state index contributed by atoms with van der Waals surface area (Å²) in [6, 6.07) is 20.3. The second-order valence-electron chi connectivity index (χ2n) is 6.28. The van der Waals surface area contributed by atoms with Crippen LogP contribution in [-0.4, -0.2) is 16.1 Å². The molecule has 1 aromatic heterocycles. The maximum absolute atomic E-state index is 13.1. The standard InChI is InChI=1S/C22H15F2N3O2S/c23-16-8-6-15(7-9-16)21-26-27-22(29-21)30-19(14-4-2-1-3-5-14)20(28)25-18-12-10-17(24)11-13-18/h1-13,19H,(H,25,28). The van der Waals surface area contributed by atoms with Gasteiger partial charge in [-0.25, -0.2) is 8.78 Å². The largest absolute Gasteiger partial charge is 0.411 e. The molecule has 0 aliphatic heterocycles. The van der Waals surface area contributed by atoms with Crippen molar-refractivity contribution in [2.75, 3.05) is 5.32 Å². The van der Waals surface area contributed by atoms with Gasteiger partial charge in [0, 0.05) is 11.3 Å². The molecule has 0 aliphatic rings. The van der Waals surface area contributed by atoms with E-state index in [9.17, 15) is 13.6 Å². The van der Waals surface area contributed by atoms with Crippen molar-refractivity contribution in [3.8, 4) is 11.5 Å². The summed E-state index contributed by atoms with van der Waals surface area (Å²) in [7, 11) is 0. The number of benzene rings is 3. The third-order valence-corrected chi connectivity index (χ3v) is 5.26. The second-order valence-corrected chi connectivity index (χ2v) is 7.34. The van der Waals surface area contributed by atoms with Crippen LogP contribution < -0.4 is 5.32 Å². The van der Waals surface area contributed by atoms with Crippen molar-refractivity contribution >= 4 is 23.4 Å². The van der Waals surface area contributed by atoms with Gasteiger partial charge in [-0.2, -0.15) is 0 Å². The van der Waals surface area contributed by atoms with Crippen LogP contribution in [0.1, 0.15) is 10.8 Å². The van der Waals surface area contributed by atoms with Gasteiger partial charge in [0.2, 0.25) is 11.8 Å². The van der Waals surface area contributed by atoms with Crippen molar-refractivity contribution in [3.05, 3.63) is 96.1 Å². The van der Waals surface area contributed by atoms with Crippen LogP contribution in [0, 0.1) is 11.6 Å². The Morgan fingerprint density at radius 3 is 2.17 bits per heavy atom. The number of halogens is 2. The van der Waals surface area contributed by atoms with E-state index in [-0.39, 0.29) is 28.7 Å². The minimum absolute atomic E-state index is 0.192. The van der Waals surface area contributed by atoms with E-state index in [1.807, 2.05) is 30.3 Å². The summed E-state index contributed by atoms with van der Waals surface area (Å²) in [6.45, 7) is 0. The summed E-state index contributed by atoms with van der Waals surface area (Å²) in [5, 5.41) is 10.3. The predicted molar refractivity (Wildman–Crippen MR) is 110 cm³/mol. The number of nitrogens with one attached hydrogen (secondary N) is 1. The summed E-state index contributed by atoms with van der Waals surface area (Å²) in [4.78, 5) is 13.0. The molecular weight excluding hydrogens is 408 g/mol. The number of hydrogen-bond acceptors (Lipinski definition) is 5. The number of rotatable bonds is 6. The van der Waals surface area contributed by atoms with Crippen molar-refractivity contribution in [1.82, 2.24) is 10.2 Å². The molecule has 4 rings (SSSR count). The number of nitrogens with zero attached hydrogens (tertiary/aromatic N) is 2. The first-order valence-corrected chi connectivity index (χ1v) is 9.84. The normalized spacial score (nSPS) is 11.8. The molecule has 30 heavy (non-hydrogen) atoms. The lowest BCUT2D eigenvalue weighted by atomic mass is 10.1. The molecule has 4 aromatic rings. The van der Waals surface area contributed by atoms with Gasteiger partial charge in [0.05, 0.1) is 0 Å². The summed E-state index contributed by atoms with van der Waals surface area (Å²) >= 11 is 1.09. The van der Waals surface area contributed by atoms with Gasteiger partial charge in [0.25, 0.3) is 5.22 Å². The summed E-state index contributed by atoms with van der Waals surface area (Å²) in [5.74, 6) is -0.849. The maximum atomic E-state index is 13.1. The molecule has 1 N–H and O–H groups in total. The van der Waals surface area contributed by atoms with E-state index in [1.165, 1.54) is 48.5 Å². The van der Waals surface area contributed by atoms with Crippen LogP contribution in [0.15, 0.2) is 88.5 Å². The molecule has 1 atom stereocenters. The van der Waals surface area contributed by atoms with Gasteiger partial charge in [-0.1, -0.05) is 30.3 Å². The van der Waals surface area contributed by atoms with Gasteiger partial charge < -0.3 is 9.73 Å². The average molecular weight is 423 g/mol. The fourth-order valence-corrected chi connectivity index (χ4v) is 3.58. The van der Waals surface area contributed by atoms with Crippen LogP contribution in [0.2, 0.25) is 0 Å². The van der Waals surface area contributed by atoms with Crippen LogP contribution in [0.4, 0.5) is 14.5 Å². The average Bonchev–Trinajstić information content (AvgIpc) is 3.23. The zero-order valence-corrected chi connectivity index (χ0v) is 16.3. The Morgan fingerprint density at radius 1 is 0.867 bits per heavy atom. The fraction of sp³-hybridized carbons (Fsp3) is 0.0455. The number of aromatic nitrogens is 2. The molecule has 5 nitrogen and oxygen atoms in total. The number of thioether (sulfide) groups is 1. The topological polar surface area (TPSA) is 68.0 Å². The van der Waals surface area contributed by atoms with Crippen molar-refractivity contribution in [2.45, 2.75) is 10.5 Å².